The summed E-state index contributed by atoms with van der Waals surface area (Å²) in [6.45, 7) is 6.29. The van der Waals surface area contributed by atoms with E-state index in [4.69, 9.17) is 23.8 Å². The zero-order chi connectivity index (χ0) is 21.0. The van der Waals surface area contributed by atoms with E-state index in [9.17, 15) is 9.59 Å². The van der Waals surface area contributed by atoms with Crippen LogP contribution < -0.4 is 15.5 Å². The molecule has 1 fully saturated rings. The molecule has 0 radical (unpaired) electrons. The molecule has 1 aliphatic rings. The highest BCUT2D eigenvalue weighted by Crippen LogP contribution is 2.29. The van der Waals surface area contributed by atoms with Crippen molar-refractivity contribution < 1.29 is 9.59 Å². The van der Waals surface area contributed by atoms with Gasteiger partial charge in [-0.05, 0) is 49.0 Å². The van der Waals surface area contributed by atoms with E-state index in [1.54, 1.807) is 19.1 Å². The number of aryl methyl sites for hydroxylation is 1. The number of hydrogen-bond acceptors (Lipinski definition) is 4. The second kappa shape index (κ2) is 9.24. The van der Waals surface area contributed by atoms with Crippen LogP contribution in [-0.2, 0) is 4.79 Å². The molecule has 0 atom stereocenters. The summed E-state index contributed by atoms with van der Waals surface area (Å²) in [4.78, 5) is 27.8. The van der Waals surface area contributed by atoms with Crippen LogP contribution in [-0.4, -0.2) is 48.0 Å². The number of thiocarbonyl (C=S) groups is 1. The average Bonchev–Trinajstić information content (AvgIpc) is 2.68. The summed E-state index contributed by atoms with van der Waals surface area (Å²) in [6.07, 6.45) is 0. The predicted molar refractivity (Wildman–Crippen MR) is 121 cm³/mol. The number of nitrogens with one attached hydrogen (secondary N) is 2. The highest BCUT2D eigenvalue weighted by Gasteiger charge is 2.20. The van der Waals surface area contributed by atoms with Gasteiger partial charge in [-0.2, -0.15) is 0 Å². The van der Waals surface area contributed by atoms with Gasteiger partial charge in [0.15, 0.2) is 5.11 Å². The molecule has 0 spiro atoms. The molecular weight excluding hydrogens is 408 g/mol. The molecule has 0 bridgehead atoms. The Morgan fingerprint density at radius 3 is 2.38 bits per heavy atom. The van der Waals surface area contributed by atoms with Crippen molar-refractivity contribution >= 4 is 52.1 Å². The van der Waals surface area contributed by atoms with Crippen molar-refractivity contribution in [1.82, 2.24) is 10.2 Å². The van der Waals surface area contributed by atoms with Crippen molar-refractivity contribution in [2.24, 2.45) is 0 Å². The third-order valence-electron chi connectivity index (χ3n) is 4.89. The Bertz CT molecular complexity index is 942. The third-order valence-corrected chi connectivity index (χ3v) is 5.39. The molecule has 2 amide bonds. The molecule has 1 aliphatic heterocycles. The maximum atomic E-state index is 12.4. The van der Waals surface area contributed by atoms with Crippen molar-refractivity contribution in [2.45, 2.75) is 13.8 Å². The van der Waals surface area contributed by atoms with Crippen molar-refractivity contribution in [3.05, 3.63) is 58.6 Å². The molecule has 2 N–H and O–H groups in total. The highest BCUT2D eigenvalue weighted by atomic mass is 35.5. The average molecular weight is 431 g/mol. The van der Waals surface area contributed by atoms with E-state index in [2.05, 4.69) is 15.5 Å². The minimum Gasteiger partial charge on any atom is -0.367 e. The largest absolute Gasteiger partial charge is 0.367 e. The van der Waals surface area contributed by atoms with Crippen LogP contribution >= 0.6 is 23.8 Å². The van der Waals surface area contributed by atoms with Gasteiger partial charge in [0.2, 0.25) is 5.91 Å². The van der Waals surface area contributed by atoms with Gasteiger partial charge < -0.3 is 15.1 Å². The Morgan fingerprint density at radius 1 is 1.07 bits per heavy atom. The quantitative estimate of drug-likeness (QED) is 0.730. The van der Waals surface area contributed by atoms with Gasteiger partial charge in [-0.3, -0.25) is 14.9 Å². The van der Waals surface area contributed by atoms with Gasteiger partial charge >= 0.3 is 0 Å². The van der Waals surface area contributed by atoms with E-state index in [0.717, 1.165) is 24.3 Å². The first kappa shape index (κ1) is 21.1. The Hall–Kier alpha value is -2.64. The van der Waals surface area contributed by atoms with Crippen LogP contribution in [0.5, 0.6) is 0 Å². The van der Waals surface area contributed by atoms with E-state index < -0.39 is 0 Å². The molecule has 1 heterocycles. The molecular formula is C21H23ClN4O2S. The molecule has 0 unspecified atom stereocenters. The minimum atomic E-state index is -0.258. The van der Waals surface area contributed by atoms with Crippen LogP contribution in [0.3, 0.4) is 0 Å². The molecule has 3 rings (SSSR count). The van der Waals surface area contributed by atoms with Crippen LogP contribution in [0, 0.1) is 6.92 Å². The number of rotatable bonds is 3. The van der Waals surface area contributed by atoms with Gasteiger partial charge in [0.1, 0.15) is 0 Å². The molecule has 1 saturated heterocycles. The predicted octanol–water partition coefficient (Wildman–Crippen LogP) is 3.44. The number of carbonyl (C=O) groups excluding carboxylic acids is 2. The van der Waals surface area contributed by atoms with Gasteiger partial charge in [-0.25, -0.2) is 0 Å². The number of piperazine rings is 1. The van der Waals surface area contributed by atoms with Crippen molar-refractivity contribution in [1.29, 1.82) is 0 Å². The lowest BCUT2D eigenvalue weighted by molar-refractivity contribution is -0.129. The van der Waals surface area contributed by atoms with Crippen LogP contribution in [0.15, 0.2) is 42.5 Å². The fourth-order valence-corrected chi connectivity index (χ4v) is 3.77. The van der Waals surface area contributed by atoms with E-state index in [0.29, 0.717) is 29.4 Å². The second-order valence-electron chi connectivity index (χ2n) is 6.88. The number of anilines is 2. The van der Waals surface area contributed by atoms with Crippen LogP contribution in [0.25, 0.3) is 0 Å². The Labute approximate surface area is 180 Å². The summed E-state index contributed by atoms with van der Waals surface area (Å²) >= 11 is 11.7. The normalized spacial score (nSPS) is 13.8. The van der Waals surface area contributed by atoms with Crippen molar-refractivity contribution in [3.8, 4) is 0 Å². The second-order valence-corrected chi connectivity index (χ2v) is 7.70. The van der Waals surface area contributed by atoms with Gasteiger partial charge in [-0.15, -0.1) is 0 Å². The SMILES string of the molecule is CC(=O)N1CCN(c2ccc(NC(=S)NC(=O)c3ccccc3C)cc2Cl)CC1. The van der Waals surface area contributed by atoms with Gasteiger partial charge in [0, 0.05) is 44.4 Å². The molecule has 152 valence electrons. The Balaban J connectivity index is 1.60. The number of benzene rings is 2. The first-order chi connectivity index (χ1) is 13.8. The van der Waals surface area contributed by atoms with Gasteiger partial charge in [0.05, 0.1) is 10.7 Å². The molecule has 2 aromatic carbocycles. The lowest BCUT2D eigenvalue weighted by atomic mass is 10.1. The lowest BCUT2D eigenvalue weighted by Gasteiger charge is -2.36. The monoisotopic (exact) mass is 430 g/mol. The molecule has 8 heteroatoms. The number of nitrogens with zero attached hydrogens (tertiary/aromatic N) is 2. The van der Waals surface area contributed by atoms with E-state index in [1.165, 1.54) is 0 Å². The molecule has 2 aromatic rings. The number of halogens is 1. The summed E-state index contributed by atoms with van der Waals surface area (Å²) in [5.41, 5.74) is 3.06. The summed E-state index contributed by atoms with van der Waals surface area (Å²) in [6, 6.07) is 12.9. The Kier molecular flexibility index (Phi) is 6.71. The maximum Gasteiger partial charge on any atom is 0.257 e. The number of hydrogen-bond donors (Lipinski definition) is 2. The van der Waals surface area contributed by atoms with Gasteiger partial charge in [-0.1, -0.05) is 29.8 Å². The van der Waals surface area contributed by atoms with E-state index in [1.807, 2.05) is 42.2 Å². The first-order valence-corrected chi connectivity index (χ1v) is 10.1. The molecule has 0 saturated carbocycles. The fourth-order valence-electron chi connectivity index (χ4n) is 3.26. The van der Waals surface area contributed by atoms with Crippen LogP contribution in [0.4, 0.5) is 11.4 Å². The zero-order valence-electron chi connectivity index (χ0n) is 16.4. The summed E-state index contributed by atoms with van der Waals surface area (Å²) in [5, 5.41) is 6.48. The molecule has 6 nitrogen and oxygen atoms in total. The smallest absolute Gasteiger partial charge is 0.257 e. The Morgan fingerprint density at radius 2 is 1.76 bits per heavy atom. The van der Waals surface area contributed by atoms with E-state index in [-0.39, 0.29) is 16.9 Å². The summed E-state index contributed by atoms with van der Waals surface area (Å²) < 4.78 is 0. The van der Waals surface area contributed by atoms with Crippen molar-refractivity contribution in [3.63, 3.8) is 0 Å². The summed E-state index contributed by atoms with van der Waals surface area (Å²) in [7, 11) is 0. The highest BCUT2D eigenvalue weighted by molar-refractivity contribution is 7.80. The number of amides is 2. The molecule has 0 aliphatic carbocycles. The summed E-state index contributed by atoms with van der Waals surface area (Å²) in [5.74, 6) is -0.164. The standard InChI is InChI=1S/C21H23ClN4O2S/c1-14-5-3-4-6-17(14)20(28)24-21(29)23-16-7-8-19(18(22)13-16)26-11-9-25(10-12-26)15(2)27/h3-8,13H,9-12H2,1-2H3,(H2,23,24,28,29). The topological polar surface area (TPSA) is 64.7 Å². The van der Waals surface area contributed by atoms with Crippen LogP contribution in [0.1, 0.15) is 22.8 Å². The first-order valence-electron chi connectivity index (χ1n) is 9.33. The van der Waals surface area contributed by atoms with Crippen molar-refractivity contribution in [2.75, 3.05) is 36.4 Å². The lowest BCUT2D eigenvalue weighted by Crippen LogP contribution is -2.48. The molecule has 0 aromatic heterocycles. The third kappa shape index (κ3) is 5.25. The van der Waals surface area contributed by atoms with Gasteiger partial charge in [0.25, 0.3) is 5.91 Å². The fraction of sp³-hybridized carbons (Fsp3) is 0.286. The number of carbonyl (C=O) groups is 2. The van der Waals surface area contributed by atoms with E-state index >= 15 is 0 Å². The van der Waals surface area contributed by atoms with Crippen LogP contribution in [0.2, 0.25) is 5.02 Å². The molecule has 29 heavy (non-hydrogen) atoms. The minimum absolute atomic E-state index is 0.0940. The maximum absolute atomic E-state index is 12.4. The zero-order valence-corrected chi connectivity index (χ0v) is 17.9.